The van der Waals surface area contributed by atoms with E-state index in [4.69, 9.17) is 0 Å². The molecule has 0 spiro atoms. The normalized spacial score (nSPS) is 17.3. The molecule has 10 nitrogen and oxygen atoms in total. The van der Waals surface area contributed by atoms with Gasteiger partial charge < -0.3 is 10.1 Å². The number of aromatic amines is 1. The quantitative estimate of drug-likeness (QED) is 0.120. The third kappa shape index (κ3) is 3.25. The number of aromatic nitrogens is 3. The van der Waals surface area contributed by atoms with Gasteiger partial charge in [0.1, 0.15) is 5.76 Å². The lowest BCUT2D eigenvalue weighted by Gasteiger charge is -2.22. The molecule has 1 fully saturated rings. The highest BCUT2D eigenvalue weighted by molar-refractivity contribution is 7.22. The number of benzene rings is 2. The molecule has 2 N–H and O–H groups in total. The summed E-state index contributed by atoms with van der Waals surface area (Å²) in [5.41, 5.74) is 1.90. The van der Waals surface area contributed by atoms with Gasteiger partial charge in [-0.2, -0.15) is 0 Å². The van der Waals surface area contributed by atoms with Crippen molar-refractivity contribution in [2.45, 2.75) is 6.04 Å². The molecule has 1 amide bonds. The zero-order chi connectivity index (χ0) is 25.0. The van der Waals surface area contributed by atoms with Crippen molar-refractivity contribution in [1.82, 2.24) is 15.0 Å². The summed E-state index contributed by atoms with van der Waals surface area (Å²) >= 11 is 1.05. The Balaban J connectivity index is 1.56. The number of hydrogen-bond acceptors (Lipinski definition) is 8. The van der Waals surface area contributed by atoms with Crippen molar-refractivity contribution in [3.05, 3.63) is 100 Å². The van der Waals surface area contributed by atoms with Crippen LogP contribution in [-0.2, 0) is 9.59 Å². The zero-order valence-electron chi connectivity index (χ0n) is 18.3. The second kappa shape index (κ2) is 8.10. The molecule has 176 valence electrons. The molecule has 4 heterocycles. The average Bonchev–Trinajstić information content (AvgIpc) is 3.58. The summed E-state index contributed by atoms with van der Waals surface area (Å²) in [5.74, 6) is -2.05. The first-order valence-electron chi connectivity index (χ1n) is 10.8. The van der Waals surface area contributed by atoms with Crippen molar-refractivity contribution < 1.29 is 19.6 Å². The first-order chi connectivity index (χ1) is 17.4. The minimum absolute atomic E-state index is 0.0945. The maximum absolute atomic E-state index is 13.4. The van der Waals surface area contributed by atoms with Crippen molar-refractivity contribution in [2.75, 3.05) is 4.90 Å². The highest BCUT2D eigenvalue weighted by atomic mass is 32.1. The summed E-state index contributed by atoms with van der Waals surface area (Å²) < 4.78 is 0.489. The molecule has 1 unspecified atom stereocenters. The number of pyridine rings is 1. The van der Waals surface area contributed by atoms with Gasteiger partial charge in [-0.05, 0) is 23.8 Å². The molecular weight excluding hydrogens is 482 g/mol. The number of aliphatic hydroxyl groups excluding tert-OH is 1. The molecular formula is C25H15N5O5S. The molecule has 1 aliphatic heterocycles. The molecule has 6 rings (SSSR count). The van der Waals surface area contributed by atoms with Gasteiger partial charge in [-0.25, -0.2) is 4.98 Å². The summed E-state index contributed by atoms with van der Waals surface area (Å²) in [7, 11) is 0. The van der Waals surface area contributed by atoms with E-state index in [2.05, 4.69) is 15.0 Å². The Hall–Kier alpha value is -4.90. The number of non-ortho nitro benzene ring substituents is 1. The number of H-pyrrole nitrogens is 1. The van der Waals surface area contributed by atoms with E-state index in [9.17, 15) is 24.8 Å². The third-order valence-corrected chi connectivity index (χ3v) is 7.08. The summed E-state index contributed by atoms with van der Waals surface area (Å²) in [6.45, 7) is 0. The molecule has 0 bridgehead atoms. The second-order valence-electron chi connectivity index (χ2n) is 8.11. The van der Waals surface area contributed by atoms with E-state index < -0.39 is 22.7 Å². The topological polar surface area (TPSA) is 142 Å². The van der Waals surface area contributed by atoms with Crippen LogP contribution in [0.5, 0.6) is 0 Å². The number of hydrogen-bond donors (Lipinski definition) is 2. The average molecular weight is 497 g/mol. The molecule has 0 saturated carbocycles. The maximum Gasteiger partial charge on any atom is 0.301 e. The predicted octanol–water partition coefficient (Wildman–Crippen LogP) is 4.71. The number of amides is 1. The number of aliphatic hydroxyl groups is 1. The van der Waals surface area contributed by atoms with Gasteiger partial charge in [0.05, 0.1) is 26.8 Å². The number of para-hydroxylation sites is 1. The van der Waals surface area contributed by atoms with Gasteiger partial charge >= 0.3 is 5.91 Å². The Kier molecular flexibility index (Phi) is 4.86. The number of Topliss-reactive ketones (excluding diaryl/α,β-unsaturated/α-hetero) is 1. The molecule has 36 heavy (non-hydrogen) atoms. The predicted molar refractivity (Wildman–Crippen MR) is 134 cm³/mol. The van der Waals surface area contributed by atoms with E-state index >= 15 is 0 Å². The standard InChI is InChI=1S/C25H15N5O5S/c31-22(16-12-27-17-6-2-1-5-15(16)17)20-21(13-4-3-9-26-11-13)29(24(33)23(20)32)25-28-18-8-7-14(30(34)35)10-19(18)36-25/h1-12,21,27,31H/b22-20+. The van der Waals surface area contributed by atoms with Crippen molar-refractivity contribution in [2.24, 2.45) is 0 Å². The van der Waals surface area contributed by atoms with Crippen LogP contribution in [0, 0.1) is 10.1 Å². The van der Waals surface area contributed by atoms with Crippen LogP contribution in [0.3, 0.4) is 0 Å². The largest absolute Gasteiger partial charge is 0.507 e. The van der Waals surface area contributed by atoms with Gasteiger partial charge in [0, 0.05) is 47.2 Å². The van der Waals surface area contributed by atoms with Crippen LogP contribution in [-0.4, -0.2) is 36.7 Å². The molecule has 5 aromatic rings. The fraction of sp³-hybridized carbons (Fsp3) is 0.0400. The highest BCUT2D eigenvalue weighted by Gasteiger charge is 2.48. The Morgan fingerprint density at radius 3 is 2.75 bits per heavy atom. The molecule has 0 radical (unpaired) electrons. The lowest BCUT2D eigenvalue weighted by atomic mass is 9.96. The number of carbonyl (C=O) groups excluding carboxylic acids is 2. The SMILES string of the molecule is O=C1C(=O)N(c2nc3ccc([N+](=O)[O-])cc3s2)C(c2cccnc2)/C1=C(\O)c1c[nH]c2ccccc12. The van der Waals surface area contributed by atoms with Crippen molar-refractivity contribution in [3.8, 4) is 0 Å². The van der Waals surface area contributed by atoms with Gasteiger partial charge in [-0.15, -0.1) is 0 Å². The Morgan fingerprint density at radius 2 is 1.97 bits per heavy atom. The highest BCUT2D eigenvalue weighted by Crippen LogP contribution is 2.45. The lowest BCUT2D eigenvalue weighted by molar-refractivity contribution is -0.384. The Bertz CT molecular complexity index is 1740. The first-order valence-corrected chi connectivity index (χ1v) is 11.6. The van der Waals surface area contributed by atoms with Crippen molar-refractivity contribution in [1.29, 1.82) is 0 Å². The number of rotatable bonds is 4. The fourth-order valence-corrected chi connectivity index (χ4v) is 5.44. The van der Waals surface area contributed by atoms with Crippen LogP contribution in [0.15, 0.2) is 78.8 Å². The smallest absolute Gasteiger partial charge is 0.301 e. The number of nitrogens with zero attached hydrogens (tertiary/aromatic N) is 4. The molecule has 1 atom stereocenters. The number of nitro groups is 1. The third-order valence-electron chi connectivity index (χ3n) is 6.07. The monoisotopic (exact) mass is 497 g/mol. The van der Waals surface area contributed by atoms with E-state index in [1.807, 2.05) is 18.2 Å². The van der Waals surface area contributed by atoms with Crippen LogP contribution in [0.25, 0.3) is 26.9 Å². The Morgan fingerprint density at radius 1 is 1.14 bits per heavy atom. The molecule has 0 aliphatic carbocycles. The lowest BCUT2D eigenvalue weighted by Crippen LogP contribution is -2.29. The Labute approximate surface area is 206 Å². The molecule has 1 aliphatic rings. The van der Waals surface area contributed by atoms with E-state index in [0.29, 0.717) is 26.7 Å². The summed E-state index contributed by atoms with van der Waals surface area (Å²) in [6, 6.07) is 13.9. The van der Waals surface area contributed by atoms with Crippen LogP contribution in [0.4, 0.5) is 10.8 Å². The van der Waals surface area contributed by atoms with E-state index in [1.165, 1.54) is 29.3 Å². The number of nitro benzene ring substituents is 1. The number of nitrogens with one attached hydrogen (secondary N) is 1. The summed E-state index contributed by atoms with van der Waals surface area (Å²) in [6.07, 6.45) is 4.67. The molecule has 2 aromatic carbocycles. The van der Waals surface area contributed by atoms with Gasteiger partial charge in [0.2, 0.25) is 0 Å². The van der Waals surface area contributed by atoms with E-state index in [-0.39, 0.29) is 22.2 Å². The van der Waals surface area contributed by atoms with Crippen LogP contribution >= 0.6 is 11.3 Å². The molecule has 1 saturated heterocycles. The minimum Gasteiger partial charge on any atom is -0.507 e. The summed E-state index contributed by atoms with van der Waals surface area (Å²) in [5, 5.41) is 23.5. The second-order valence-corrected chi connectivity index (χ2v) is 9.12. The van der Waals surface area contributed by atoms with Gasteiger partial charge in [-0.3, -0.25) is 29.6 Å². The van der Waals surface area contributed by atoms with E-state index in [0.717, 1.165) is 16.9 Å². The van der Waals surface area contributed by atoms with Crippen LogP contribution in [0.1, 0.15) is 17.2 Å². The number of anilines is 1. The fourth-order valence-electron chi connectivity index (χ4n) is 4.41. The van der Waals surface area contributed by atoms with Gasteiger partial charge in [0.15, 0.2) is 5.13 Å². The first kappa shape index (κ1) is 21.6. The molecule has 11 heteroatoms. The molecule has 3 aromatic heterocycles. The van der Waals surface area contributed by atoms with Crippen LogP contribution in [0.2, 0.25) is 0 Å². The minimum atomic E-state index is -0.997. The van der Waals surface area contributed by atoms with Gasteiger partial charge in [-0.1, -0.05) is 35.6 Å². The number of fused-ring (bicyclic) bond motifs is 2. The zero-order valence-corrected chi connectivity index (χ0v) is 19.1. The van der Waals surface area contributed by atoms with Crippen LogP contribution < -0.4 is 4.90 Å². The number of carbonyl (C=O) groups is 2. The number of thiazole rings is 1. The van der Waals surface area contributed by atoms with Crippen molar-refractivity contribution >= 4 is 60.7 Å². The number of ketones is 1. The maximum atomic E-state index is 13.4. The van der Waals surface area contributed by atoms with E-state index in [1.54, 1.807) is 30.6 Å². The summed E-state index contributed by atoms with van der Waals surface area (Å²) in [4.78, 5) is 50.3. The van der Waals surface area contributed by atoms with Gasteiger partial charge in [0.25, 0.3) is 11.5 Å². The van der Waals surface area contributed by atoms with Crippen molar-refractivity contribution in [3.63, 3.8) is 0 Å².